The number of aromatic nitrogens is 4. The van der Waals surface area contributed by atoms with Gasteiger partial charge in [0.1, 0.15) is 17.5 Å². The Morgan fingerprint density at radius 1 is 0.923 bits per heavy atom. The molecule has 0 spiro atoms. The quantitative estimate of drug-likeness (QED) is 0.0898. The van der Waals surface area contributed by atoms with Crippen molar-refractivity contribution in [2.24, 2.45) is 0 Å². The first-order valence-electron chi connectivity index (χ1n) is 18.3. The number of aromatic amines is 1. The van der Waals surface area contributed by atoms with E-state index in [0.717, 1.165) is 69.7 Å². The number of hydrogen-bond donors (Lipinski definition) is 1. The van der Waals surface area contributed by atoms with Gasteiger partial charge in [0.15, 0.2) is 5.75 Å². The van der Waals surface area contributed by atoms with Crippen molar-refractivity contribution in [3.63, 3.8) is 0 Å². The summed E-state index contributed by atoms with van der Waals surface area (Å²) in [5.41, 5.74) is 6.13. The van der Waals surface area contributed by atoms with E-state index in [0.29, 0.717) is 39.5 Å². The zero-order chi connectivity index (χ0) is 36.7. The number of nitrogens with zero attached hydrogens (tertiary/aromatic N) is 5. The van der Waals surface area contributed by atoms with Gasteiger partial charge < -0.3 is 24.1 Å². The molecule has 0 saturated heterocycles. The van der Waals surface area contributed by atoms with Crippen LogP contribution in [0.4, 0.5) is 10.5 Å². The number of carbonyl (C=O) groups excluding carboxylic acids is 1. The van der Waals surface area contributed by atoms with Gasteiger partial charge in [-0.25, -0.2) is 9.78 Å². The molecule has 6 rings (SSSR count). The monoisotopic (exact) mass is 720 g/mol. The first kappa shape index (κ1) is 37.0. The molecular weight excluding hydrogens is 669 g/mol. The van der Waals surface area contributed by atoms with Crippen LogP contribution in [0.1, 0.15) is 61.6 Å². The Bertz CT molecular complexity index is 1890. The second-order valence-corrected chi connectivity index (χ2v) is 21.3. The molecule has 0 aliphatic carbocycles. The van der Waals surface area contributed by atoms with Crippen molar-refractivity contribution in [3.05, 3.63) is 114 Å². The lowest BCUT2D eigenvalue weighted by atomic mass is 10.1. The van der Waals surface area contributed by atoms with Crippen LogP contribution in [0.15, 0.2) is 85.2 Å². The Balaban J connectivity index is 1.31. The van der Waals surface area contributed by atoms with Crippen LogP contribution in [-0.4, -0.2) is 64.4 Å². The summed E-state index contributed by atoms with van der Waals surface area (Å²) in [5, 5.41) is 0. The van der Waals surface area contributed by atoms with Crippen molar-refractivity contribution in [1.29, 1.82) is 0 Å². The summed E-state index contributed by atoms with van der Waals surface area (Å²) in [4.78, 5) is 35.2. The van der Waals surface area contributed by atoms with E-state index in [1.165, 1.54) is 0 Å². The zero-order valence-electron chi connectivity index (χ0n) is 31.4. The third-order valence-corrected chi connectivity index (χ3v) is 10.6. The normalized spacial score (nSPS) is 13.7. The number of pyridine rings is 2. The summed E-state index contributed by atoms with van der Waals surface area (Å²) in [6, 6.07) is 25.2. The molecule has 1 N–H and O–H groups in total. The summed E-state index contributed by atoms with van der Waals surface area (Å²) in [6.45, 7) is 15.9. The van der Waals surface area contributed by atoms with Gasteiger partial charge in [-0.2, -0.15) is 0 Å². The molecule has 11 heteroatoms. The molecule has 2 aromatic carbocycles. The topological polar surface area (TPSA) is 106 Å². The second-order valence-electron chi connectivity index (χ2n) is 15.7. The van der Waals surface area contributed by atoms with Gasteiger partial charge in [-0.15, -0.1) is 0 Å². The molecule has 1 aliphatic heterocycles. The van der Waals surface area contributed by atoms with E-state index in [1.54, 1.807) is 11.1 Å². The van der Waals surface area contributed by atoms with Crippen molar-refractivity contribution >= 4 is 30.9 Å². The number of hydrogen-bond acceptors (Lipinski definition) is 8. The largest absolute Gasteiger partial charge is 0.489 e. The lowest BCUT2D eigenvalue weighted by Crippen LogP contribution is -2.36. The highest BCUT2D eigenvalue weighted by molar-refractivity contribution is 6.76. The van der Waals surface area contributed by atoms with Crippen LogP contribution in [-0.2, 0) is 35.5 Å². The molecule has 1 amide bonds. The van der Waals surface area contributed by atoms with Gasteiger partial charge >= 0.3 is 6.09 Å². The number of nitrogens with one attached hydrogen (secondary N) is 1. The van der Waals surface area contributed by atoms with Crippen molar-refractivity contribution in [3.8, 4) is 5.75 Å². The highest BCUT2D eigenvalue weighted by Crippen LogP contribution is 2.39. The second kappa shape index (κ2) is 16.3. The third-order valence-electron chi connectivity index (χ3n) is 8.92. The van der Waals surface area contributed by atoms with E-state index >= 15 is 0 Å². The maximum Gasteiger partial charge on any atom is 0.410 e. The summed E-state index contributed by atoms with van der Waals surface area (Å²) in [5.74, 6) is 1.67. The average Bonchev–Trinajstić information content (AvgIpc) is 3.54. The van der Waals surface area contributed by atoms with E-state index in [4.69, 9.17) is 24.2 Å². The molecule has 1 unspecified atom stereocenters. The van der Waals surface area contributed by atoms with E-state index < -0.39 is 13.7 Å². The van der Waals surface area contributed by atoms with E-state index in [-0.39, 0.29) is 12.1 Å². The van der Waals surface area contributed by atoms with Gasteiger partial charge in [0.25, 0.3) is 0 Å². The van der Waals surface area contributed by atoms with Crippen LogP contribution in [0.3, 0.4) is 0 Å². The molecule has 0 saturated carbocycles. The molecule has 0 radical (unpaired) electrons. The molecule has 10 nitrogen and oxygen atoms in total. The molecular formula is C41H52N6O4Si. The number of H-pyrrole nitrogens is 1. The van der Waals surface area contributed by atoms with Crippen molar-refractivity contribution in [1.82, 2.24) is 24.8 Å². The molecule has 3 aromatic heterocycles. The first-order valence-corrected chi connectivity index (χ1v) is 22.0. The van der Waals surface area contributed by atoms with Crippen LogP contribution >= 0.6 is 0 Å². The number of rotatable bonds is 14. The van der Waals surface area contributed by atoms with E-state index in [9.17, 15) is 4.79 Å². The van der Waals surface area contributed by atoms with Crippen LogP contribution in [0.5, 0.6) is 5.75 Å². The van der Waals surface area contributed by atoms with Gasteiger partial charge in [0.2, 0.25) is 0 Å². The predicted octanol–water partition coefficient (Wildman–Crippen LogP) is 8.72. The number of para-hydroxylation sites is 2. The van der Waals surface area contributed by atoms with Gasteiger partial charge in [-0.1, -0.05) is 62.1 Å². The number of ether oxygens (including phenoxy) is 3. The smallest absolute Gasteiger partial charge is 0.410 e. The number of carbonyl (C=O) groups is 1. The Hall–Kier alpha value is -4.74. The molecule has 52 heavy (non-hydrogen) atoms. The fourth-order valence-electron chi connectivity index (χ4n) is 6.20. The summed E-state index contributed by atoms with van der Waals surface area (Å²) in [6.07, 6.45) is 5.06. The highest BCUT2D eigenvalue weighted by Gasteiger charge is 2.30. The van der Waals surface area contributed by atoms with Gasteiger partial charge in [-0.05, 0) is 81.1 Å². The van der Waals surface area contributed by atoms with Crippen molar-refractivity contribution in [2.45, 2.75) is 90.6 Å². The molecule has 5 aromatic rings. The number of fused-ring (bicyclic) bond motifs is 2. The van der Waals surface area contributed by atoms with Crippen LogP contribution in [0, 0.1) is 0 Å². The third kappa shape index (κ3) is 9.98. The first-order chi connectivity index (χ1) is 24.9. The molecule has 1 aliphatic rings. The standard InChI is InChI=1S/C41H52N6O4Si/c1-41(2,3)51-40(48)46(28-32-12-9-10-21-42-32)26-30-16-18-31(19-17-30)27-47(36-20-22-43-35-15-11-23-50-38(35)36)37(29-49-24-25-52(4,5)6)39-44-33-13-7-8-14-34(33)45-39/h7-10,12-14,16-22,37H,11,15,23-29H2,1-6H3,(H,44,45). The highest BCUT2D eigenvalue weighted by atomic mass is 28.3. The van der Waals surface area contributed by atoms with Crippen LogP contribution in [0.25, 0.3) is 11.0 Å². The van der Waals surface area contributed by atoms with E-state index in [2.05, 4.69) is 64.8 Å². The molecule has 1 atom stereocenters. The number of amides is 1. The summed E-state index contributed by atoms with van der Waals surface area (Å²) >= 11 is 0. The van der Waals surface area contributed by atoms with Crippen molar-refractivity contribution in [2.75, 3.05) is 24.7 Å². The lowest BCUT2D eigenvalue weighted by Gasteiger charge is -2.35. The van der Waals surface area contributed by atoms with Crippen LogP contribution in [0.2, 0.25) is 25.7 Å². The predicted molar refractivity (Wildman–Crippen MR) is 208 cm³/mol. The Kier molecular flexibility index (Phi) is 11.6. The Labute approximate surface area is 308 Å². The van der Waals surface area contributed by atoms with Gasteiger partial charge in [0, 0.05) is 40.2 Å². The molecule has 4 heterocycles. The fraction of sp³-hybridized carbons (Fsp3) is 0.415. The minimum Gasteiger partial charge on any atom is -0.489 e. The minimum atomic E-state index is -1.29. The number of aryl methyl sites for hydroxylation is 1. The number of benzene rings is 2. The van der Waals surface area contributed by atoms with Crippen molar-refractivity contribution < 1.29 is 19.0 Å². The Morgan fingerprint density at radius 2 is 1.67 bits per heavy atom. The average molecular weight is 721 g/mol. The molecule has 0 fully saturated rings. The number of anilines is 1. The molecule has 0 bridgehead atoms. The number of imidazole rings is 1. The van der Waals surface area contributed by atoms with Gasteiger partial charge in [-0.3, -0.25) is 14.9 Å². The van der Waals surface area contributed by atoms with Crippen LogP contribution < -0.4 is 9.64 Å². The van der Waals surface area contributed by atoms with Gasteiger partial charge in [0.05, 0.1) is 47.9 Å². The minimum absolute atomic E-state index is 0.230. The zero-order valence-corrected chi connectivity index (χ0v) is 32.4. The summed E-state index contributed by atoms with van der Waals surface area (Å²) < 4.78 is 18.6. The SMILES string of the molecule is CC(C)(C)OC(=O)N(Cc1ccc(CN(c2ccnc3c2OCCC3)C(COCC[Si](C)(C)C)c2nc3ccccc3[nH]2)cc1)Cc1ccccn1. The Morgan fingerprint density at radius 3 is 2.38 bits per heavy atom. The maximum atomic E-state index is 13.3. The van der Waals surface area contributed by atoms with E-state index in [1.807, 2.05) is 69.4 Å². The fourth-order valence-corrected chi connectivity index (χ4v) is 6.96. The molecule has 274 valence electrons. The lowest BCUT2D eigenvalue weighted by molar-refractivity contribution is 0.0214. The maximum absolute atomic E-state index is 13.3. The summed E-state index contributed by atoms with van der Waals surface area (Å²) in [7, 11) is -1.29.